The van der Waals surface area contributed by atoms with E-state index in [9.17, 15) is 4.79 Å². The van der Waals surface area contributed by atoms with E-state index in [0.29, 0.717) is 11.3 Å². The van der Waals surface area contributed by atoms with Gasteiger partial charge < -0.3 is 0 Å². The Hall–Kier alpha value is -2.69. The number of imidazole rings is 1. The van der Waals surface area contributed by atoms with Crippen molar-refractivity contribution in [2.75, 3.05) is 0 Å². The molecule has 0 aliphatic rings. The number of hydrogen-bond acceptors (Lipinski definition) is 3. The Bertz CT molecular complexity index is 846. The molecule has 0 fully saturated rings. The van der Waals surface area contributed by atoms with E-state index in [4.69, 9.17) is 0 Å². The maximum absolute atomic E-state index is 12.2. The van der Waals surface area contributed by atoms with Gasteiger partial charge in [-0.05, 0) is 25.5 Å². The Kier molecular flexibility index (Phi) is 3.39. The first kappa shape index (κ1) is 13.3. The summed E-state index contributed by atoms with van der Waals surface area (Å²) in [5.74, 6) is 0. The molecule has 0 radical (unpaired) electrons. The lowest BCUT2D eigenvalue weighted by molar-refractivity contribution is 0.630. The van der Waals surface area contributed by atoms with Crippen LogP contribution in [0.1, 0.15) is 31.1 Å². The van der Waals surface area contributed by atoms with Gasteiger partial charge in [0.25, 0.3) is 0 Å². The predicted octanol–water partition coefficient (Wildman–Crippen LogP) is 2.76. The lowest BCUT2D eigenvalue weighted by atomic mass is 10.1. The van der Waals surface area contributed by atoms with Crippen LogP contribution in [-0.2, 0) is 0 Å². The molecule has 5 nitrogen and oxygen atoms in total. The van der Waals surface area contributed by atoms with Crippen LogP contribution in [0.3, 0.4) is 0 Å². The minimum absolute atomic E-state index is 0.109. The molecule has 3 aromatic rings. The SMILES string of the molecule is CC=Cc1cnc2[nH]c(=O)n([C@H](C)c3ccccc3)c2n1. The zero-order valence-electron chi connectivity index (χ0n) is 11.9. The van der Waals surface area contributed by atoms with Gasteiger partial charge in [0.2, 0.25) is 0 Å². The molecule has 2 aromatic heterocycles. The summed E-state index contributed by atoms with van der Waals surface area (Å²) < 4.78 is 1.64. The van der Waals surface area contributed by atoms with Gasteiger partial charge in [0.05, 0.1) is 17.9 Å². The van der Waals surface area contributed by atoms with Crippen molar-refractivity contribution >= 4 is 17.4 Å². The van der Waals surface area contributed by atoms with Crippen LogP contribution in [0, 0.1) is 0 Å². The molecule has 3 rings (SSSR count). The van der Waals surface area contributed by atoms with Crippen molar-refractivity contribution < 1.29 is 0 Å². The van der Waals surface area contributed by atoms with Gasteiger partial charge in [-0.15, -0.1) is 0 Å². The largest absolute Gasteiger partial charge is 0.329 e. The van der Waals surface area contributed by atoms with Crippen LogP contribution in [0.4, 0.5) is 0 Å². The van der Waals surface area contributed by atoms with Gasteiger partial charge in [0.1, 0.15) is 0 Å². The summed E-state index contributed by atoms with van der Waals surface area (Å²) in [7, 11) is 0. The molecule has 2 heterocycles. The van der Waals surface area contributed by atoms with E-state index in [1.54, 1.807) is 10.8 Å². The van der Waals surface area contributed by atoms with Crippen molar-refractivity contribution in [3.63, 3.8) is 0 Å². The highest BCUT2D eigenvalue weighted by molar-refractivity contribution is 5.67. The first-order valence-corrected chi connectivity index (χ1v) is 6.85. The maximum atomic E-state index is 12.2. The highest BCUT2D eigenvalue weighted by atomic mass is 16.1. The molecule has 1 aromatic carbocycles. The van der Waals surface area contributed by atoms with Crippen LogP contribution in [0.5, 0.6) is 0 Å². The fourth-order valence-corrected chi connectivity index (χ4v) is 2.40. The quantitative estimate of drug-likeness (QED) is 0.802. The second-order valence-electron chi connectivity index (χ2n) is 4.85. The van der Waals surface area contributed by atoms with Gasteiger partial charge >= 0.3 is 5.69 Å². The summed E-state index contributed by atoms with van der Waals surface area (Å²) >= 11 is 0. The number of aromatic nitrogens is 4. The Labute approximate surface area is 122 Å². The first-order chi connectivity index (χ1) is 10.2. The van der Waals surface area contributed by atoms with Crippen LogP contribution in [0.25, 0.3) is 17.4 Å². The Morgan fingerprint density at radius 1 is 1.29 bits per heavy atom. The number of fused-ring (bicyclic) bond motifs is 1. The third-order valence-corrected chi connectivity index (χ3v) is 3.45. The number of benzene rings is 1. The van der Waals surface area contributed by atoms with E-state index in [1.807, 2.05) is 56.3 Å². The predicted molar refractivity (Wildman–Crippen MR) is 83.1 cm³/mol. The number of nitrogens with zero attached hydrogens (tertiary/aromatic N) is 3. The number of hydrogen-bond donors (Lipinski definition) is 1. The molecule has 0 aliphatic carbocycles. The summed E-state index contributed by atoms with van der Waals surface area (Å²) in [5.41, 5.74) is 2.68. The third kappa shape index (κ3) is 2.38. The molecule has 0 saturated heterocycles. The molecule has 0 spiro atoms. The highest BCUT2D eigenvalue weighted by Crippen LogP contribution is 2.19. The van der Waals surface area contributed by atoms with E-state index < -0.39 is 0 Å². The smallest absolute Gasteiger partial charge is 0.289 e. The van der Waals surface area contributed by atoms with Gasteiger partial charge in [-0.25, -0.2) is 14.8 Å². The van der Waals surface area contributed by atoms with Gasteiger partial charge in [-0.1, -0.05) is 36.4 Å². The number of rotatable bonds is 3. The van der Waals surface area contributed by atoms with Gasteiger partial charge in [-0.2, -0.15) is 0 Å². The van der Waals surface area contributed by atoms with E-state index in [-0.39, 0.29) is 11.7 Å². The van der Waals surface area contributed by atoms with Gasteiger partial charge in [-0.3, -0.25) is 9.55 Å². The molecule has 0 amide bonds. The van der Waals surface area contributed by atoms with Crippen molar-refractivity contribution in [3.8, 4) is 0 Å². The topological polar surface area (TPSA) is 63.6 Å². The molecule has 0 saturated carbocycles. The average Bonchev–Trinajstić information content (AvgIpc) is 2.83. The van der Waals surface area contributed by atoms with Crippen molar-refractivity contribution in [1.29, 1.82) is 0 Å². The minimum Gasteiger partial charge on any atom is -0.289 e. The Morgan fingerprint density at radius 3 is 2.76 bits per heavy atom. The molecular weight excluding hydrogens is 264 g/mol. The third-order valence-electron chi connectivity index (χ3n) is 3.45. The van der Waals surface area contributed by atoms with E-state index in [0.717, 1.165) is 11.3 Å². The van der Waals surface area contributed by atoms with Crippen LogP contribution < -0.4 is 5.69 Å². The molecular formula is C16H16N4O. The monoisotopic (exact) mass is 280 g/mol. The van der Waals surface area contributed by atoms with Crippen LogP contribution in [-0.4, -0.2) is 19.5 Å². The number of aromatic amines is 1. The van der Waals surface area contributed by atoms with Crippen molar-refractivity contribution in [1.82, 2.24) is 19.5 Å². The van der Waals surface area contributed by atoms with Crippen LogP contribution in [0.2, 0.25) is 0 Å². The van der Waals surface area contributed by atoms with E-state index in [1.165, 1.54) is 0 Å². The normalized spacial score (nSPS) is 13.0. The maximum Gasteiger partial charge on any atom is 0.329 e. The Morgan fingerprint density at radius 2 is 2.05 bits per heavy atom. The van der Waals surface area contributed by atoms with Crippen LogP contribution >= 0.6 is 0 Å². The highest BCUT2D eigenvalue weighted by Gasteiger charge is 2.16. The summed E-state index contributed by atoms with van der Waals surface area (Å²) in [4.78, 5) is 23.8. The fourth-order valence-electron chi connectivity index (χ4n) is 2.40. The molecule has 5 heteroatoms. The van der Waals surface area contributed by atoms with E-state index in [2.05, 4.69) is 15.0 Å². The van der Waals surface area contributed by atoms with Crippen LogP contribution in [0.15, 0.2) is 47.4 Å². The van der Waals surface area contributed by atoms with Gasteiger partial charge in [0, 0.05) is 0 Å². The minimum atomic E-state index is -0.195. The Balaban J connectivity index is 2.19. The molecule has 1 N–H and O–H groups in total. The van der Waals surface area contributed by atoms with Crippen molar-refractivity contribution in [2.24, 2.45) is 0 Å². The molecule has 0 aliphatic heterocycles. The fraction of sp³-hybridized carbons (Fsp3) is 0.188. The molecule has 0 unspecified atom stereocenters. The standard InChI is InChI=1S/C16H16N4O/c1-3-7-13-10-17-14-15(18-13)20(16(21)19-14)11(2)12-8-5-4-6-9-12/h3-11H,1-2H3,(H,17,19,21)/t11-/m1/s1. The van der Waals surface area contributed by atoms with E-state index >= 15 is 0 Å². The average molecular weight is 280 g/mol. The second kappa shape index (κ2) is 5.36. The molecule has 21 heavy (non-hydrogen) atoms. The zero-order valence-corrected chi connectivity index (χ0v) is 11.9. The summed E-state index contributed by atoms with van der Waals surface area (Å²) in [6.07, 6.45) is 5.41. The lowest BCUT2D eigenvalue weighted by Gasteiger charge is -2.13. The van der Waals surface area contributed by atoms with Crippen molar-refractivity contribution in [3.05, 3.63) is 64.3 Å². The number of allylic oxidation sites excluding steroid dienone is 1. The summed E-state index contributed by atoms with van der Waals surface area (Å²) in [5, 5.41) is 0. The number of H-pyrrole nitrogens is 1. The number of nitrogens with one attached hydrogen (secondary N) is 1. The second-order valence-corrected chi connectivity index (χ2v) is 4.85. The summed E-state index contributed by atoms with van der Waals surface area (Å²) in [6, 6.07) is 9.77. The lowest BCUT2D eigenvalue weighted by Crippen LogP contribution is -2.21. The zero-order chi connectivity index (χ0) is 14.8. The molecule has 106 valence electrons. The molecule has 1 atom stereocenters. The molecule has 0 bridgehead atoms. The first-order valence-electron chi connectivity index (χ1n) is 6.85. The summed E-state index contributed by atoms with van der Waals surface area (Å²) in [6.45, 7) is 3.90. The van der Waals surface area contributed by atoms with Gasteiger partial charge in [0.15, 0.2) is 11.3 Å². The van der Waals surface area contributed by atoms with Crippen molar-refractivity contribution in [2.45, 2.75) is 19.9 Å².